The van der Waals surface area contributed by atoms with Gasteiger partial charge < -0.3 is 22.1 Å². The summed E-state index contributed by atoms with van der Waals surface area (Å²) in [7, 11) is 0. The van der Waals surface area contributed by atoms with Crippen molar-refractivity contribution in [2.45, 2.75) is 58.0 Å². The lowest BCUT2D eigenvalue weighted by Gasteiger charge is -2.31. The van der Waals surface area contributed by atoms with E-state index in [1.165, 1.54) is 6.92 Å². The fourth-order valence-electron chi connectivity index (χ4n) is 2.00. The molecule has 0 aromatic heterocycles. The first-order valence-electron chi connectivity index (χ1n) is 6.92. The maximum Gasteiger partial charge on any atom is 0.243 e. The number of carbonyl (C=O) groups is 3. The maximum atomic E-state index is 12.2. The third-order valence-corrected chi connectivity index (χ3v) is 3.43. The van der Waals surface area contributed by atoms with Crippen LogP contribution < -0.4 is 22.1 Å². The van der Waals surface area contributed by atoms with Gasteiger partial charge in [-0.1, -0.05) is 13.8 Å². The van der Waals surface area contributed by atoms with Crippen molar-refractivity contribution < 1.29 is 14.4 Å². The molecule has 0 bridgehead atoms. The fraction of sp³-hybridized carbons (Fsp3) is 0.769. The minimum absolute atomic E-state index is 0.306. The first kappa shape index (κ1) is 18.4. The number of amides is 3. The molecule has 6 N–H and O–H groups in total. The summed E-state index contributed by atoms with van der Waals surface area (Å²) in [6, 6.07) is -0.701. The predicted molar refractivity (Wildman–Crippen MR) is 76.5 cm³/mol. The monoisotopic (exact) mass is 286 g/mol. The molecular formula is C13H26N4O3. The maximum absolute atomic E-state index is 12.2. The van der Waals surface area contributed by atoms with Gasteiger partial charge >= 0.3 is 0 Å². The average Bonchev–Trinajstić information content (AvgIpc) is 2.39. The average molecular weight is 286 g/mol. The Morgan fingerprint density at radius 1 is 1.20 bits per heavy atom. The third kappa shape index (κ3) is 5.16. The lowest BCUT2D eigenvalue weighted by Crippen LogP contribution is -2.60. The van der Waals surface area contributed by atoms with E-state index in [1.54, 1.807) is 13.8 Å². The first-order valence-corrected chi connectivity index (χ1v) is 6.92. The molecule has 116 valence electrons. The standard InChI is InChI=1S/C13H26N4O3/c1-4-13(5-2,12(15)20)17-11(19)10(7-6-8-14)16-9(3)18/h10H,4-8,14H2,1-3H3,(H2,15,20)(H,16,18)(H,17,19). The van der Waals surface area contributed by atoms with Gasteiger partial charge in [-0.15, -0.1) is 0 Å². The number of hydrogen-bond donors (Lipinski definition) is 4. The topological polar surface area (TPSA) is 127 Å². The number of nitrogens with one attached hydrogen (secondary N) is 2. The zero-order chi connectivity index (χ0) is 15.8. The molecule has 20 heavy (non-hydrogen) atoms. The molecule has 7 heteroatoms. The zero-order valence-electron chi connectivity index (χ0n) is 12.5. The predicted octanol–water partition coefficient (Wildman–Crippen LogP) is -0.610. The molecule has 0 aromatic carbocycles. The third-order valence-electron chi connectivity index (χ3n) is 3.43. The molecule has 0 aliphatic carbocycles. The van der Waals surface area contributed by atoms with Gasteiger partial charge in [-0.3, -0.25) is 14.4 Å². The van der Waals surface area contributed by atoms with Gasteiger partial charge in [-0.25, -0.2) is 0 Å². The summed E-state index contributed by atoms with van der Waals surface area (Å²) >= 11 is 0. The van der Waals surface area contributed by atoms with E-state index >= 15 is 0 Å². The first-order chi connectivity index (χ1) is 9.32. The van der Waals surface area contributed by atoms with Crippen molar-refractivity contribution in [1.82, 2.24) is 10.6 Å². The van der Waals surface area contributed by atoms with Crippen LogP contribution >= 0.6 is 0 Å². The van der Waals surface area contributed by atoms with Gasteiger partial charge in [-0.2, -0.15) is 0 Å². The molecule has 0 aliphatic rings. The van der Waals surface area contributed by atoms with Crippen molar-refractivity contribution in [3.8, 4) is 0 Å². The highest BCUT2D eigenvalue weighted by Gasteiger charge is 2.36. The normalized spacial score (nSPS) is 12.6. The molecule has 1 unspecified atom stereocenters. The Balaban J connectivity index is 4.95. The summed E-state index contributed by atoms with van der Waals surface area (Å²) in [5, 5.41) is 5.24. The van der Waals surface area contributed by atoms with E-state index in [0.29, 0.717) is 32.2 Å². The van der Waals surface area contributed by atoms with Crippen molar-refractivity contribution in [3.63, 3.8) is 0 Å². The quantitative estimate of drug-likeness (QED) is 0.451. The van der Waals surface area contributed by atoms with Crippen molar-refractivity contribution in [2.75, 3.05) is 6.54 Å². The summed E-state index contributed by atoms with van der Waals surface area (Å²) in [6.07, 6.45) is 1.81. The lowest BCUT2D eigenvalue weighted by molar-refractivity contribution is -0.134. The van der Waals surface area contributed by atoms with Crippen molar-refractivity contribution in [2.24, 2.45) is 11.5 Å². The largest absolute Gasteiger partial charge is 0.368 e. The molecule has 0 saturated carbocycles. The molecular weight excluding hydrogens is 260 g/mol. The van der Waals surface area contributed by atoms with E-state index in [4.69, 9.17) is 11.5 Å². The van der Waals surface area contributed by atoms with Crippen LogP contribution in [-0.4, -0.2) is 35.8 Å². The van der Waals surface area contributed by atoms with Crippen LogP contribution in [0.15, 0.2) is 0 Å². The van der Waals surface area contributed by atoms with Gasteiger partial charge in [0.25, 0.3) is 0 Å². The molecule has 0 fully saturated rings. The van der Waals surface area contributed by atoms with Gasteiger partial charge in [0, 0.05) is 6.92 Å². The van der Waals surface area contributed by atoms with Crippen LogP contribution in [-0.2, 0) is 14.4 Å². The van der Waals surface area contributed by atoms with E-state index in [2.05, 4.69) is 10.6 Å². The Morgan fingerprint density at radius 3 is 2.10 bits per heavy atom. The molecule has 7 nitrogen and oxygen atoms in total. The van der Waals surface area contributed by atoms with Crippen LogP contribution in [0.3, 0.4) is 0 Å². The van der Waals surface area contributed by atoms with Crippen LogP contribution in [0.5, 0.6) is 0 Å². The van der Waals surface area contributed by atoms with Crippen molar-refractivity contribution in [1.29, 1.82) is 0 Å². The summed E-state index contributed by atoms with van der Waals surface area (Å²) in [6.45, 7) is 5.32. The summed E-state index contributed by atoms with van der Waals surface area (Å²) in [4.78, 5) is 35.0. The molecule has 0 aromatic rings. The second kappa shape index (κ2) is 8.52. The van der Waals surface area contributed by atoms with E-state index in [0.717, 1.165) is 0 Å². The minimum Gasteiger partial charge on any atom is -0.368 e. The molecule has 0 heterocycles. The molecule has 1 atom stereocenters. The van der Waals surface area contributed by atoms with E-state index < -0.39 is 23.4 Å². The molecule has 0 rings (SSSR count). The van der Waals surface area contributed by atoms with Gasteiger partial charge in [0.15, 0.2) is 0 Å². The van der Waals surface area contributed by atoms with Crippen LogP contribution in [0.2, 0.25) is 0 Å². The SMILES string of the molecule is CCC(CC)(NC(=O)C(CCCN)NC(C)=O)C(N)=O. The number of carbonyl (C=O) groups excluding carboxylic acids is 3. The number of primary amides is 1. The van der Waals surface area contributed by atoms with Crippen LogP contribution in [0.1, 0.15) is 46.5 Å². The Labute approximate surface area is 119 Å². The molecule has 0 aliphatic heterocycles. The van der Waals surface area contributed by atoms with Gasteiger partial charge in [0.05, 0.1) is 0 Å². The Kier molecular flexibility index (Phi) is 7.83. The number of hydrogen-bond acceptors (Lipinski definition) is 4. The van der Waals surface area contributed by atoms with Gasteiger partial charge in [-0.05, 0) is 32.2 Å². The van der Waals surface area contributed by atoms with Crippen molar-refractivity contribution in [3.05, 3.63) is 0 Å². The second-order valence-corrected chi connectivity index (χ2v) is 4.83. The molecule has 3 amide bonds. The van der Waals surface area contributed by atoms with Gasteiger partial charge in [0.1, 0.15) is 11.6 Å². The zero-order valence-corrected chi connectivity index (χ0v) is 12.5. The molecule has 0 radical (unpaired) electrons. The second-order valence-electron chi connectivity index (χ2n) is 4.83. The molecule has 0 spiro atoms. The highest BCUT2D eigenvalue weighted by Crippen LogP contribution is 2.15. The summed E-state index contributed by atoms with van der Waals surface area (Å²) in [5.41, 5.74) is 9.73. The fourth-order valence-corrected chi connectivity index (χ4v) is 2.00. The summed E-state index contributed by atoms with van der Waals surface area (Å²) < 4.78 is 0. The minimum atomic E-state index is -1.07. The number of nitrogens with two attached hydrogens (primary N) is 2. The smallest absolute Gasteiger partial charge is 0.243 e. The van der Waals surface area contributed by atoms with E-state index in [9.17, 15) is 14.4 Å². The van der Waals surface area contributed by atoms with Crippen LogP contribution in [0, 0.1) is 0 Å². The van der Waals surface area contributed by atoms with Crippen LogP contribution in [0.4, 0.5) is 0 Å². The van der Waals surface area contributed by atoms with Gasteiger partial charge in [0.2, 0.25) is 17.7 Å². The highest BCUT2D eigenvalue weighted by atomic mass is 16.2. The number of rotatable bonds is 9. The Hall–Kier alpha value is -1.63. The van der Waals surface area contributed by atoms with E-state index in [-0.39, 0.29) is 5.91 Å². The van der Waals surface area contributed by atoms with Crippen molar-refractivity contribution >= 4 is 17.7 Å². The molecule has 0 saturated heterocycles. The highest BCUT2D eigenvalue weighted by molar-refractivity contribution is 5.93. The Morgan fingerprint density at radius 2 is 1.75 bits per heavy atom. The Bertz CT molecular complexity index is 354. The lowest BCUT2D eigenvalue weighted by atomic mass is 9.91. The summed E-state index contributed by atoms with van der Waals surface area (Å²) in [5.74, 6) is -1.28. The van der Waals surface area contributed by atoms with Crippen LogP contribution in [0.25, 0.3) is 0 Å². The van der Waals surface area contributed by atoms with E-state index in [1.807, 2.05) is 0 Å².